The van der Waals surface area contributed by atoms with Gasteiger partial charge in [-0.05, 0) is 17.7 Å². The van der Waals surface area contributed by atoms with Crippen LogP contribution in [0.5, 0.6) is 0 Å². The van der Waals surface area contributed by atoms with Gasteiger partial charge in [0.1, 0.15) is 6.04 Å². The first-order valence-corrected chi connectivity index (χ1v) is 6.90. The highest BCUT2D eigenvalue weighted by molar-refractivity contribution is 6.32. The predicted octanol–water partition coefficient (Wildman–Crippen LogP) is 1.49. The molecule has 1 amide bonds. The first-order valence-electron chi connectivity index (χ1n) is 6.52. The first kappa shape index (κ1) is 15.5. The van der Waals surface area contributed by atoms with Crippen LogP contribution in [0, 0.1) is 0 Å². The highest BCUT2D eigenvalue weighted by Gasteiger charge is 2.38. The number of rotatable bonds is 3. The van der Waals surface area contributed by atoms with E-state index < -0.39 is 18.1 Å². The van der Waals surface area contributed by atoms with Gasteiger partial charge in [-0.2, -0.15) is 0 Å². The van der Waals surface area contributed by atoms with E-state index in [9.17, 15) is 14.7 Å². The van der Waals surface area contributed by atoms with Crippen molar-refractivity contribution >= 4 is 29.6 Å². The number of carbonyl (C=O) groups excluding carboxylic acids is 2. The predicted molar refractivity (Wildman–Crippen MR) is 78.6 cm³/mol. The number of hydrogen-bond donors (Lipinski definition) is 1. The summed E-state index contributed by atoms with van der Waals surface area (Å²) in [5.74, 6) is -0.882. The van der Waals surface area contributed by atoms with Crippen LogP contribution in [0.4, 0.5) is 0 Å². The highest BCUT2D eigenvalue weighted by Crippen LogP contribution is 2.21. The van der Waals surface area contributed by atoms with Crippen molar-refractivity contribution in [3.63, 3.8) is 0 Å². The molecule has 0 spiro atoms. The summed E-state index contributed by atoms with van der Waals surface area (Å²) in [6.45, 7) is 0.117. The topological polar surface area (TPSA) is 66.8 Å². The number of aliphatic hydroxyl groups is 1. The number of hydrogen-bond acceptors (Lipinski definition) is 4. The number of nitrogens with zero attached hydrogens (tertiary/aromatic N) is 1. The standard InChI is InChI=1S/C15H16ClNO4/c1-21-15(20)13-8-11(18)9-17(13)14(19)7-6-10-4-2-3-5-12(10)16/h2-7,11,13,18H,8-9H2,1H3/b7-6+. The summed E-state index contributed by atoms with van der Waals surface area (Å²) >= 11 is 6.00. The van der Waals surface area contributed by atoms with E-state index in [4.69, 9.17) is 11.6 Å². The fraction of sp³-hybridized carbons (Fsp3) is 0.333. The van der Waals surface area contributed by atoms with Crippen molar-refractivity contribution in [3.05, 3.63) is 40.9 Å². The van der Waals surface area contributed by atoms with E-state index in [-0.39, 0.29) is 18.9 Å². The molecular formula is C15H16ClNO4. The molecule has 112 valence electrons. The Bertz CT molecular complexity index is 573. The van der Waals surface area contributed by atoms with Crippen LogP contribution in [0.25, 0.3) is 6.08 Å². The number of carbonyl (C=O) groups is 2. The van der Waals surface area contributed by atoms with Crippen molar-refractivity contribution in [1.29, 1.82) is 0 Å². The zero-order chi connectivity index (χ0) is 15.4. The number of esters is 1. The molecule has 0 saturated carbocycles. The van der Waals surface area contributed by atoms with Crippen LogP contribution in [-0.2, 0) is 14.3 Å². The minimum Gasteiger partial charge on any atom is -0.467 e. The molecule has 1 aromatic carbocycles. The van der Waals surface area contributed by atoms with E-state index in [0.717, 1.165) is 0 Å². The van der Waals surface area contributed by atoms with Crippen molar-refractivity contribution in [2.24, 2.45) is 0 Å². The van der Waals surface area contributed by atoms with Crippen LogP contribution in [0.2, 0.25) is 5.02 Å². The fourth-order valence-corrected chi connectivity index (χ4v) is 2.48. The molecule has 1 aliphatic rings. The lowest BCUT2D eigenvalue weighted by Crippen LogP contribution is -2.40. The minimum absolute atomic E-state index is 0.117. The van der Waals surface area contributed by atoms with Crippen molar-refractivity contribution in [1.82, 2.24) is 4.90 Å². The Morgan fingerprint density at radius 2 is 2.14 bits per heavy atom. The number of likely N-dealkylation sites (tertiary alicyclic amines) is 1. The van der Waals surface area contributed by atoms with Crippen molar-refractivity contribution < 1.29 is 19.4 Å². The van der Waals surface area contributed by atoms with Gasteiger partial charge in [0, 0.05) is 24.1 Å². The second-order valence-electron chi connectivity index (χ2n) is 4.77. The van der Waals surface area contributed by atoms with E-state index in [1.807, 2.05) is 6.07 Å². The molecular weight excluding hydrogens is 294 g/mol. The van der Waals surface area contributed by atoms with Crippen molar-refractivity contribution in [3.8, 4) is 0 Å². The summed E-state index contributed by atoms with van der Waals surface area (Å²) in [6.07, 6.45) is 2.41. The van der Waals surface area contributed by atoms with Crippen molar-refractivity contribution in [2.75, 3.05) is 13.7 Å². The molecule has 1 fully saturated rings. The molecule has 6 heteroatoms. The fourth-order valence-electron chi connectivity index (χ4n) is 2.28. The Kier molecular flexibility index (Phi) is 4.98. The van der Waals surface area contributed by atoms with E-state index in [1.165, 1.54) is 18.1 Å². The van der Waals surface area contributed by atoms with Crippen molar-refractivity contribution in [2.45, 2.75) is 18.6 Å². The van der Waals surface area contributed by atoms with Gasteiger partial charge < -0.3 is 14.7 Å². The van der Waals surface area contributed by atoms with E-state index in [0.29, 0.717) is 10.6 Å². The third kappa shape index (κ3) is 3.62. The number of amides is 1. The van der Waals surface area contributed by atoms with Crippen LogP contribution in [0.15, 0.2) is 30.3 Å². The van der Waals surface area contributed by atoms with Gasteiger partial charge in [0.2, 0.25) is 5.91 Å². The normalized spacial score (nSPS) is 21.8. The molecule has 2 atom stereocenters. The van der Waals surface area contributed by atoms with E-state index in [2.05, 4.69) is 4.74 Å². The second kappa shape index (κ2) is 6.74. The number of ether oxygens (including phenoxy) is 1. The maximum Gasteiger partial charge on any atom is 0.328 e. The van der Waals surface area contributed by atoms with E-state index >= 15 is 0 Å². The molecule has 0 radical (unpaired) electrons. The average molecular weight is 310 g/mol. The second-order valence-corrected chi connectivity index (χ2v) is 5.18. The van der Waals surface area contributed by atoms with Gasteiger partial charge in [-0.1, -0.05) is 29.8 Å². The molecule has 1 aliphatic heterocycles. The zero-order valence-corrected chi connectivity index (χ0v) is 12.3. The monoisotopic (exact) mass is 309 g/mol. The number of β-amino-alcohol motifs (C(OH)–C–C–N with tert-alkyl or cyclic N) is 1. The quantitative estimate of drug-likeness (QED) is 0.678. The van der Waals surface area contributed by atoms with Crippen LogP contribution >= 0.6 is 11.6 Å². The van der Waals surface area contributed by atoms with Crippen LogP contribution in [-0.4, -0.2) is 47.7 Å². The molecule has 0 aromatic heterocycles. The Hall–Kier alpha value is -1.85. The van der Waals surface area contributed by atoms with Gasteiger partial charge in [-0.25, -0.2) is 4.79 Å². The van der Waals surface area contributed by atoms with E-state index in [1.54, 1.807) is 24.3 Å². The molecule has 1 heterocycles. The first-order chi connectivity index (χ1) is 10.0. The molecule has 1 saturated heterocycles. The molecule has 5 nitrogen and oxygen atoms in total. The highest BCUT2D eigenvalue weighted by atomic mass is 35.5. The maximum absolute atomic E-state index is 12.2. The third-order valence-corrected chi connectivity index (χ3v) is 3.69. The molecule has 0 aliphatic carbocycles. The number of methoxy groups -OCH3 is 1. The maximum atomic E-state index is 12.2. The summed E-state index contributed by atoms with van der Waals surface area (Å²) in [5.41, 5.74) is 0.710. The zero-order valence-electron chi connectivity index (χ0n) is 11.5. The van der Waals surface area contributed by atoms with Gasteiger partial charge in [0.15, 0.2) is 0 Å². The number of aliphatic hydroxyl groups excluding tert-OH is 1. The average Bonchev–Trinajstić information content (AvgIpc) is 2.87. The Labute approximate surface area is 127 Å². The summed E-state index contributed by atoms with van der Waals surface area (Å²) in [4.78, 5) is 25.1. The van der Waals surface area contributed by atoms with Crippen LogP contribution in [0.1, 0.15) is 12.0 Å². The summed E-state index contributed by atoms with van der Waals surface area (Å²) in [5, 5.41) is 10.2. The SMILES string of the molecule is COC(=O)C1CC(O)CN1C(=O)/C=C/c1ccccc1Cl. The van der Waals surface area contributed by atoms with Gasteiger partial charge in [0.25, 0.3) is 0 Å². The number of halogens is 1. The van der Waals surface area contributed by atoms with Crippen LogP contribution < -0.4 is 0 Å². The Morgan fingerprint density at radius 1 is 1.43 bits per heavy atom. The lowest BCUT2D eigenvalue weighted by atomic mass is 10.2. The minimum atomic E-state index is -0.742. The summed E-state index contributed by atoms with van der Waals surface area (Å²) in [7, 11) is 1.26. The molecule has 2 unspecified atom stereocenters. The smallest absolute Gasteiger partial charge is 0.328 e. The van der Waals surface area contributed by atoms with Gasteiger partial charge >= 0.3 is 5.97 Å². The Balaban J connectivity index is 2.12. The summed E-state index contributed by atoms with van der Waals surface area (Å²) in [6, 6.07) is 6.37. The Morgan fingerprint density at radius 3 is 2.81 bits per heavy atom. The molecule has 0 bridgehead atoms. The summed E-state index contributed by atoms with van der Waals surface area (Å²) < 4.78 is 4.66. The molecule has 21 heavy (non-hydrogen) atoms. The van der Waals surface area contributed by atoms with Gasteiger partial charge in [-0.3, -0.25) is 4.79 Å². The molecule has 1 N–H and O–H groups in total. The largest absolute Gasteiger partial charge is 0.467 e. The molecule has 2 rings (SSSR count). The van der Waals surface area contributed by atoms with Gasteiger partial charge in [-0.15, -0.1) is 0 Å². The molecule has 1 aromatic rings. The third-order valence-electron chi connectivity index (χ3n) is 3.35. The number of benzene rings is 1. The lowest BCUT2D eigenvalue weighted by molar-refractivity contribution is -0.149. The van der Waals surface area contributed by atoms with Gasteiger partial charge in [0.05, 0.1) is 13.2 Å². The van der Waals surface area contributed by atoms with Crippen LogP contribution in [0.3, 0.4) is 0 Å². The lowest BCUT2D eigenvalue weighted by Gasteiger charge is -2.20.